The Kier molecular flexibility index (Phi) is 8.75. The van der Waals surface area contributed by atoms with Crippen LogP contribution in [0.5, 0.6) is 0 Å². The first-order chi connectivity index (χ1) is 11.7. The van der Waals surface area contributed by atoms with Crippen molar-refractivity contribution in [2.45, 2.75) is 82.7 Å². The summed E-state index contributed by atoms with van der Waals surface area (Å²) in [5.41, 5.74) is 2.46. The molecule has 0 aromatic heterocycles. The van der Waals surface area contributed by atoms with Gasteiger partial charge < -0.3 is 10.0 Å². The smallest absolute Gasteiger partial charge is 0.0651 e. The van der Waals surface area contributed by atoms with Crippen LogP contribution in [0.2, 0.25) is 0 Å². The van der Waals surface area contributed by atoms with E-state index in [1.807, 2.05) is 0 Å². The SMILES string of the molecule is Cl.OC1(CCc2ccc(CCCN3CCCCC3)cc2)CCCCC1. The standard InChI is InChI=1S/C22H35NO.ClH/c24-22(14-3-1-4-15-22)16-13-21-11-9-20(10-12-21)8-7-19-23-17-5-2-6-18-23;/h9-12,24H,1-8,13-19H2;1H. The largest absolute Gasteiger partial charge is 0.390 e. The van der Waals surface area contributed by atoms with Gasteiger partial charge in [-0.25, -0.2) is 0 Å². The van der Waals surface area contributed by atoms with Crippen molar-refractivity contribution in [3.05, 3.63) is 35.4 Å². The van der Waals surface area contributed by atoms with Crippen molar-refractivity contribution in [3.63, 3.8) is 0 Å². The van der Waals surface area contributed by atoms with Gasteiger partial charge in [0.15, 0.2) is 0 Å². The Bertz CT molecular complexity index is 475. The molecule has 25 heavy (non-hydrogen) atoms. The number of hydrogen-bond acceptors (Lipinski definition) is 2. The van der Waals surface area contributed by atoms with Crippen LogP contribution in [0.15, 0.2) is 24.3 Å². The lowest BCUT2D eigenvalue weighted by Gasteiger charge is -2.32. The minimum atomic E-state index is -0.384. The number of likely N-dealkylation sites (tertiary alicyclic amines) is 1. The van der Waals surface area contributed by atoms with Crippen molar-refractivity contribution in [2.24, 2.45) is 0 Å². The van der Waals surface area contributed by atoms with E-state index in [1.54, 1.807) is 0 Å². The Morgan fingerprint density at radius 2 is 1.36 bits per heavy atom. The summed E-state index contributed by atoms with van der Waals surface area (Å²) in [5.74, 6) is 0. The monoisotopic (exact) mass is 365 g/mol. The number of hydrogen-bond donors (Lipinski definition) is 1. The van der Waals surface area contributed by atoms with E-state index >= 15 is 0 Å². The van der Waals surface area contributed by atoms with Gasteiger partial charge in [0.2, 0.25) is 0 Å². The Labute approximate surface area is 160 Å². The van der Waals surface area contributed by atoms with Crippen molar-refractivity contribution in [2.75, 3.05) is 19.6 Å². The molecule has 1 saturated heterocycles. The van der Waals surface area contributed by atoms with Crippen LogP contribution in [0.1, 0.15) is 75.3 Å². The van der Waals surface area contributed by atoms with E-state index in [0.717, 1.165) is 25.7 Å². The molecule has 0 spiro atoms. The van der Waals surface area contributed by atoms with Crippen LogP contribution in [-0.4, -0.2) is 35.2 Å². The summed E-state index contributed by atoms with van der Waals surface area (Å²) < 4.78 is 0. The first-order valence-corrected chi connectivity index (χ1v) is 10.3. The van der Waals surface area contributed by atoms with Gasteiger partial charge in [-0.1, -0.05) is 49.9 Å². The van der Waals surface area contributed by atoms with Gasteiger partial charge in [-0.15, -0.1) is 12.4 Å². The lowest BCUT2D eigenvalue weighted by molar-refractivity contribution is -0.00341. The molecule has 1 saturated carbocycles. The molecule has 0 atom stereocenters. The average Bonchev–Trinajstić information content (AvgIpc) is 2.63. The topological polar surface area (TPSA) is 23.5 Å². The fourth-order valence-electron chi connectivity index (χ4n) is 4.40. The maximum Gasteiger partial charge on any atom is 0.0651 e. The fraction of sp³-hybridized carbons (Fsp3) is 0.727. The van der Waals surface area contributed by atoms with E-state index in [9.17, 15) is 5.11 Å². The summed E-state index contributed by atoms with van der Waals surface area (Å²) in [7, 11) is 0. The Balaban J connectivity index is 0.00000225. The van der Waals surface area contributed by atoms with Crippen LogP contribution >= 0.6 is 12.4 Å². The predicted molar refractivity (Wildman–Crippen MR) is 109 cm³/mol. The van der Waals surface area contributed by atoms with E-state index in [-0.39, 0.29) is 18.0 Å². The molecule has 1 heterocycles. The molecule has 1 aromatic carbocycles. The summed E-state index contributed by atoms with van der Waals surface area (Å²) in [5, 5.41) is 10.6. The van der Waals surface area contributed by atoms with Crippen LogP contribution in [0, 0.1) is 0 Å². The van der Waals surface area contributed by atoms with E-state index in [2.05, 4.69) is 29.2 Å². The van der Waals surface area contributed by atoms with Crippen molar-refractivity contribution < 1.29 is 5.11 Å². The molecule has 2 nitrogen and oxygen atoms in total. The van der Waals surface area contributed by atoms with Crippen molar-refractivity contribution in [1.29, 1.82) is 0 Å². The van der Waals surface area contributed by atoms with Crippen molar-refractivity contribution in [1.82, 2.24) is 4.90 Å². The highest BCUT2D eigenvalue weighted by Crippen LogP contribution is 2.31. The lowest BCUT2D eigenvalue weighted by atomic mass is 9.81. The number of halogens is 1. The second-order valence-corrected chi connectivity index (χ2v) is 8.11. The summed E-state index contributed by atoms with van der Waals surface area (Å²) in [6, 6.07) is 9.16. The van der Waals surface area contributed by atoms with Gasteiger partial charge in [0.25, 0.3) is 0 Å². The zero-order valence-electron chi connectivity index (χ0n) is 15.7. The molecular weight excluding hydrogens is 330 g/mol. The van der Waals surface area contributed by atoms with E-state index in [1.165, 1.54) is 82.1 Å². The molecule has 2 aliphatic rings. The molecule has 0 radical (unpaired) electrons. The van der Waals surface area contributed by atoms with Crippen LogP contribution in [0.25, 0.3) is 0 Å². The summed E-state index contributed by atoms with van der Waals surface area (Å²) in [4.78, 5) is 2.63. The van der Waals surface area contributed by atoms with Crippen LogP contribution in [-0.2, 0) is 12.8 Å². The Hall–Kier alpha value is -0.570. The van der Waals surface area contributed by atoms with E-state index in [4.69, 9.17) is 0 Å². The maximum absolute atomic E-state index is 10.6. The molecule has 142 valence electrons. The van der Waals surface area contributed by atoms with Gasteiger partial charge in [-0.05, 0) is 82.1 Å². The fourth-order valence-corrected chi connectivity index (χ4v) is 4.40. The van der Waals surface area contributed by atoms with Crippen LogP contribution < -0.4 is 0 Å². The Morgan fingerprint density at radius 3 is 2.00 bits per heavy atom. The van der Waals surface area contributed by atoms with Gasteiger partial charge in [0.1, 0.15) is 0 Å². The van der Waals surface area contributed by atoms with Gasteiger partial charge >= 0.3 is 0 Å². The molecule has 0 bridgehead atoms. The minimum Gasteiger partial charge on any atom is -0.390 e. The molecule has 2 fully saturated rings. The number of nitrogens with zero attached hydrogens (tertiary/aromatic N) is 1. The second-order valence-electron chi connectivity index (χ2n) is 8.11. The zero-order valence-corrected chi connectivity index (χ0v) is 16.5. The third-order valence-corrected chi connectivity index (χ3v) is 6.07. The number of benzene rings is 1. The van der Waals surface area contributed by atoms with Crippen molar-refractivity contribution >= 4 is 12.4 Å². The number of aryl methyl sites for hydroxylation is 2. The highest BCUT2D eigenvalue weighted by molar-refractivity contribution is 5.85. The number of piperidine rings is 1. The highest BCUT2D eigenvalue weighted by atomic mass is 35.5. The predicted octanol–water partition coefficient (Wildman–Crippen LogP) is 5.15. The first-order valence-electron chi connectivity index (χ1n) is 10.3. The molecule has 0 amide bonds. The van der Waals surface area contributed by atoms with E-state index in [0.29, 0.717) is 0 Å². The third-order valence-electron chi connectivity index (χ3n) is 6.07. The molecular formula is C22H36ClNO. The summed E-state index contributed by atoms with van der Waals surface area (Å²) in [6.07, 6.45) is 14.3. The molecule has 1 aromatic rings. The van der Waals surface area contributed by atoms with Gasteiger partial charge in [0.05, 0.1) is 5.60 Å². The molecule has 0 unspecified atom stereocenters. The second kappa shape index (κ2) is 10.5. The Morgan fingerprint density at radius 1 is 0.800 bits per heavy atom. The quantitative estimate of drug-likeness (QED) is 0.721. The lowest BCUT2D eigenvalue weighted by Crippen LogP contribution is -2.31. The van der Waals surface area contributed by atoms with E-state index < -0.39 is 0 Å². The molecule has 3 heteroatoms. The zero-order chi connectivity index (χ0) is 16.7. The normalized spacial score (nSPS) is 20.8. The number of rotatable bonds is 7. The molecule has 1 aliphatic carbocycles. The molecule has 1 aliphatic heterocycles. The van der Waals surface area contributed by atoms with Gasteiger partial charge in [-0.2, -0.15) is 0 Å². The summed E-state index contributed by atoms with van der Waals surface area (Å²) in [6.45, 7) is 3.87. The number of aliphatic hydroxyl groups is 1. The maximum atomic E-state index is 10.6. The third kappa shape index (κ3) is 6.92. The van der Waals surface area contributed by atoms with Crippen LogP contribution in [0.3, 0.4) is 0 Å². The van der Waals surface area contributed by atoms with Gasteiger partial charge in [-0.3, -0.25) is 0 Å². The minimum absolute atomic E-state index is 0. The summed E-state index contributed by atoms with van der Waals surface area (Å²) >= 11 is 0. The van der Waals surface area contributed by atoms with Crippen molar-refractivity contribution in [3.8, 4) is 0 Å². The van der Waals surface area contributed by atoms with Gasteiger partial charge in [0, 0.05) is 0 Å². The highest BCUT2D eigenvalue weighted by Gasteiger charge is 2.28. The average molecular weight is 366 g/mol. The van der Waals surface area contributed by atoms with Crippen LogP contribution in [0.4, 0.5) is 0 Å². The molecule has 1 N–H and O–H groups in total. The first kappa shape index (κ1) is 20.7. The molecule has 3 rings (SSSR count).